The Hall–Kier alpha value is -3.11. The maximum Gasteiger partial charge on any atom is 0.246 e. The van der Waals surface area contributed by atoms with Crippen LogP contribution >= 0.6 is 0 Å². The highest BCUT2D eigenvalue weighted by Crippen LogP contribution is 2.20. The smallest absolute Gasteiger partial charge is 0.246 e. The summed E-state index contributed by atoms with van der Waals surface area (Å²) in [6.07, 6.45) is 0. The minimum Gasteiger partial charge on any atom is -0.497 e. The average Bonchev–Trinajstić information content (AvgIpc) is 2.70. The summed E-state index contributed by atoms with van der Waals surface area (Å²) in [7, 11) is 1.61. The van der Waals surface area contributed by atoms with Crippen LogP contribution in [0, 0.1) is 0 Å². The Kier molecular flexibility index (Phi) is 6.01. The van der Waals surface area contributed by atoms with Gasteiger partial charge in [-0.3, -0.25) is 10.1 Å². The average molecular weight is 346 g/mol. The van der Waals surface area contributed by atoms with E-state index in [9.17, 15) is 4.79 Å². The SMILES string of the molecule is COc1cccc(NC(=O)[C@H](NCc2ccccc2)c2ccccc2)c1. The topological polar surface area (TPSA) is 50.4 Å². The second kappa shape index (κ2) is 8.83. The maximum absolute atomic E-state index is 12.9. The molecule has 0 aliphatic rings. The van der Waals surface area contributed by atoms with E-state index in [1.54, 1.807) is 13.2 Å². The molecule has 3 rings (SSSR count). The third-order valence-electron chi connectivity index (χ3n) is 4.09. The number of amides is 1. The summed E-state index contributed by atoms with van der Waals surface area (Å²) < 4.78 is 5.22. The van der Waals surface area contributed by atoms with Gasteiger partial charge in [0.05, 0.1) is 7.11 Å². The van der Waals surface area contributed by atoms with E-state index in [0.29, 0.717) is 18.0 Å². The van der Waals surface area contributed by atoms with Crippen molar-refractivity contribution in [1.29, 1.82) is 0 Å². The number of rotatable bonds is 7. The van der Waals surface area contributed by atoms with Gasteiger partial charge in [0.25, 0.3) is 0 Å². The lowest BCUT2D eigenvalue weighted by Gasteiger charge is -2.19. The second-order valence-electron chi connectivity index (χ2n) is 5.93. The lowest BCUT2D eigenvalue weighted by Crippen LogP contribution is -2.32. The van der Waals surface area contributed by atoms with Gasteiger partial charge < -0.3 is 10.1 Å². The number of carbonyl (C=O) groups is 1. The van der Waals surface area contributed by atoms with E-state index in [-0.39, 0.29) is 5.91 Å². The Morgan fingerprint density at radius 3 is 2.31 bits per heavy atom. The number of carbonyl (C=O) groups excluding carboxylic acids is 1. The van der Waals surface area contributed by atoms with Crippen LogP contribution in [-0.2, 0) is 11.3 Å². The van der Waals surface area contributed by atoms with E-state index in [0.717, 1.165) is 11.1 Å². The summed E-state index contributed by atoms with van der Waals surface area (Å²) in [6, 6.07) is 26.6. The van der Waals surface area contributed by atoms with Crippen molar-refractivity contribution in [2.24, 2.45) is 0 Å². The van der Waals surface area contributed by atoms with Gasteiger partial charge in [0.1, 0.15) is 11.8 Å². The number of benzene rings is 3. The molecule has 0 unspecified atom stereocenters. The van der Waals surface area contributed by atoms with E-state index in [4.69, 9.17) is 4.74 Å². The van der Waals surface area contributed by atoms with Crippen LogP contribution in [0.4, 0.5) is 5.69 Å². The van der Waals surface area contributed by atoms with Crippen molar-refractivity contribution in [3.8, 4) is 5.75 Å². The molecule has 0 bridgehead atoms. The van der Waals surface area contributed by atoms with Gasteiger partial charge in [0, 0.05) is 18.3 Å². The van der Waals surface area contributed by atoms with Gasteiger partial charge in [-0.15, -0.1) is 0 Å². The molecular formula is C22H22N2O2. The molecular weight excluding hydrogens is 324 g/mol. The van der Waals surface area contributed by atoms with Crippen LogP contribution in [0.2, 0.25) is 0 Å². The molecule has 0 spiro atoms. The largest absolute Gasteiger partial charge is 0.497 e. The first-order valence-electron chi connectivity index (χ1n) is 8.53. The number of anilines is 1. The van der Waals surface area contributed by atoms with E-state index < -0.39 is 6.04 Å². The van der Waals surface area contributed by atoms with Gasteiger partial charge in [-0.05, 0) is 23.3 Å². The molecule has 0 heterocycles. The molecule has 2 N–H and O–H groups in total. The summed E-state index contributed by atoms with van der Waals surface area (Å²) in [5, 5.41) is 6.33. The molecule has 0 aromatic heterocycles. The Bertz CT molecular complexity index is 835. The Balaban J connectivity index is 1.76. The summed E-state index contributed by atoms with van der Waals surface area (Å²) in [5.74, 6) is 0.594. The van der Waals surface area contributed by atoms with Gasteiger partial charge in [-0.25, -0.2) is 0 Å². The molecule has 3 aromatic carbocycles. The zero-order chi connectivity index (χ0) is 18.2. The molecule has 132 valence electrons. The number of nitrogens with one attached hydrogen (secondary N) is 2. The molecule has 4 nitrogen and oxygen atoms in total. The molecule has 0 saturated carbocycles. The molecule has 0 saturated heterocycles. The van der Waals surface area contributed by atoms with E-state index in [1.807, 2.05) is 78.9 Å². The van der Waals surface area contributed by atoms with Gasteiger partial charge in [0.2, 0.25) is 5.91 Å². The monoisotopic (exact) mass is 346 g/mol. The van der Waals surface area contributed by atoms with Gasteiger partial charge >= 0.3 is 0 Å². The lowest BCUT2D eigenvalue weighted by molar-refractivity contribution is -0.118. The number of hydrogen-bond donors (Lipinski definition) is 2. The number of methoxy groups -OCH3 is 1. The minimum atomic E-state index is -0.456. The molecule has 0 aliphatic heterocycles. The van der Waals surface area contributed by atoms with Crippen molar-refractivity contribution < 1.29 is 9.53 Å². The quantitative estimate of drug-likeness (QED) is 0.675. The summed E-state index contributed by atoms with van der Waals surface area (Å²) >= 11 is 0. The lowest BCUT2D eigenvalue weighted by atomic mass is 10.1. The molecule has 26 heavy (non-hydrogen) atoms. The first kappa shape index (κ1) is 17.7. The molecule has 0 radical (unpaired) electrons. The van der Waals surface area contributed by atoms with Crippen molar-refractivity contribution in [3.63, 3.8) is 0 Å². The summed E-state index contributed by atoms with van der Waals surface area (Å²) in [4.78, 5) is 12.9. The van der Waals surface area contributed by atoms with Crippen LogP contribution in [0.1, 0.15) is 17.2 Å². The van der Waals surface area contributed by atoms with Crippen LogP contribution in [0.25, 0.3) is 0 Å². The summed E-state index contributed by atoms with van der Waals surface area (Å²) in [5.41, 5.74) is 2.75. The third kappa shape index (κ3) is 4.71. The molecule has 1 amide bonds. The third-order valence-corrected chi connectivity index (χ3v) is 4.09. The minimum absolute atomic E-state index is 0.111. The van der Waals surface area contributed by atoms with Gasteiger partial charge in [0.15, 0.2) is 0 Å². The van der Waals surface area contributed by atoms with E-state index >= 15 is 0 Å². The van der Waals surface area contributed by atoms with Crippen molar-refractivity contribution in [2.75, 3.05) is 12.4 Å². The predicted octanol–water partition coefficient (Wildman–Crippen LogP) is 4.16. The van der Waals surface area contributed by atoms with Crippen molar-refractivity contribution >= 4 is 11.6 Å². The van der Waals surface area contributed by atoms with E-state index in [1.165, 1.54) is 0 Å². The fourth-order valence-corrected chi connectivity index (χ4v) is 2.74. The van der Waals surface area contributed by atoms with Gasteiger partial charge in [-0.1, -0.05) is 66.7 Å². The van der Waals surface area contributed by atoms with Crippen LogP contribution in [-0.4, -0.2) is 13.0 Å². The van der Waals surface area contributed by atoms with Crippen molar-refractivity contribution in [2.45, 2.75) is 12.6 Å². The van der Waals surface area contributed by atoms with Crippen LogP contribution < -0.4 is 15.4 Å². The molecule has 0 aliphatic carbocycles. The van der Waals surface area contributed by atoms with Crippen molar-refractivity contribution in [1.82, 2.24) is 5.32 Å². The summed E-state index contributed by atoms with van der Waals surface area (Å²) in [6.45, 7) is 0.603. The Labute approximate surface area is 153 Å². The molecule has 0 fully saturated rings. The Morgan fingerprint density at radius 1 is 0.923 bits per heavy atom. The highest BCUT2D eigenvalue weighted by atomic mass is 16.5. The molecule has 1 atom stereocenters. The highest BCUT2D eigenvalue weighted by Gasteiger charge is 2.20. The zero-order valence-electron chi connectivity index (χ0n) is 14.7. The molecule has 3 aromatic rings. The van der Waals surface area contributed by atoms with Gasteiger partial charge in [-0.2, -0.15) is 0 Å². The maximum atomic E-state index is 12.9. The van der Waals surface area contributed by atoms with E-state index in [2.05, 4.69) is 10.6 Å². The van der Waals surface area contributed by atoms with Crippen LogP contribution in [0.3, 0.4) is 0 Å². The van der Waals surface area contributed by atoms with Crippen LogP contribution in [0.5, 0.6) is 5.75 Å². The Morgan fingerprint density at radius 2 is 1.62 bits per heavy atom. The highest BCUT2D eigenvalue weighted by molar-refractivity contribution is 5.95. The first-order chi connectivity index (χ1) is 12.8. The van der Waals surface area contributed by atoms with Crippen molar-refractivity contribution in [3.05, 3.63) is 96.1 Å². The second-order valence-corrected chi connectivity index (χ2v) is 5.93. The fraction of sp³-hybridized carbons (Fsp3) is 0.136. The normalized spacial score (nSPS) is 11.6. The standard InChI is InChI=1S/C22H22N2O2/c1-26-20-14-8-13-19(15-20)24-22(25)21(18-11-6-3-7-12-18)23-16-17-9-4-2-5-10-17/h2-15,21,23H,16H2,1H3,(H,24,25)/t21-/m1/s1. The molecule has 4 heteroatoms. The number of hydrogen-bond acceptors (Lipinski definition) is 3. The fourth-order valence-electron chi connectivity index (χ4n) is 2.74. The van der Waals surface area contributed by atoms with Crippen LogP contribution in [0.15, 0.2) is 84.9 Å². The zero-order valence-corrected chi connectivity index (χ0v) is 14.7. The number of ether oxygens (including phenoxy) is 1. The predicted molar refractivity (Wildman–Crippen MR) is 104 cm³/mol. The first-order valence-corrected chi connectivity index (χ1v) is 8.53.